The molecule has 48 heavy (non-hydrogen) atoms. The molecule has 0 fully saturated rings. The maximum Gasteiger partial charge on any atom is 0.375 e. The van der Waals surface area contributed by atoms with Crippen LogP contribution in [0.15, 0.2) is 30.3 Å². The molecule has 0 aliphatic rings. The molecule has 0 heterocycles. The van der Waals surface area contributed by atoms with Crippen molar-refractivity contribution in [3.05, 3.63) is 35.9 Å². The molecule has 6 heteroatoms. The third kappa shape index (κ3) is 9.73. The van der Waals surface area contributed by atoms with Crippen LogP contribution in [0.25, 0.3) is 0 Å². The highest BCUT2D eigenvalue weighted by Crippen LogP contribution is 2.64. The molecule has 3 atom stereocenters. The summed E-state index contributed by atoms with van der Waals surface area (Å²) in [6.07, 6.45) is 4.46. The molecule has 6 nitrogen and oxygen atoms in total. The average Bonchev–Trinajstić information content (AvgIpc) is 2.95. The number of Topliss-reactive ketones (excluding diaryl/α,β-unsaturated/α-hetero) is 1. The van der Waals surface area contributed by atoms with E-state index in [9.17, 15) is 19.5 Å². The van der Waals surface area contributed by atoms with Crippen molar-refractivity contribution < 1.29 is 24.2 Å². The molecule has 0 saturated carbocycles. The van der Waals surface area contributed by atoms with Gasteiger partial charge in [0, 0.05) is 12.5 Å². The molecular formula is C42H73NO5. The van der Waals surface area contributed by atoms with Gasteiger partial charge in [0.05, 0.1) is 11.5 Å². The number of ketones is 1. The minimum absolute atomic E-state index is 0.00252. The number of hydrogen-bond acceptors (Lipinski definition) is 5. The molecule has 2 N–H and O–H groups in total. The summed E-state index contributed by atoms with van der Waals surface area (Å²) >= 11 is 0. The Bertz CT molecular complexity index is 1210. The first-order chi connectivity index (χ1) is 21.7. The van der Waals surface area contributed by atoms with E-state index in [0.29, 0.717) is 6.42 Å². The van der Waals surface area contributed by atoms with Crippen molar-refractivity contribution in [2.75, 3.05) is 6.54 Å². The predicted octanol–water partition coefficient (Wildman–Crippen LogP) is 9.96. The van der Waals surface area contributed by atoms with Gasteiger partial charge in [-0.25, -0.2) is 4.79 Å². The van der Waals surface area contributed by atoms with Crippen molar-refractivity contribution in [2.24, 2.45) is 43.8 Å². The highest BCUT2D eigenvalue weighted by Gasteiger charge is 2.63. The third-order valence-corrected chi connectivity index (χ3v) is 13.1. The Morgan fingerprint density at radius 2 is 1.29 bits per heavy atom. The standard InChI is InChI=1S/C42H73NO5/c1-17-24-36(4,5)29-39(10,11)42(16,35(47)43-27-30(3)44)41(14,15)38(8,9)26-32(40(12,13)37(6,7)25-18-2)33(45)34(46)48-28-31-22-20-19-21-23-31/h19-23,30,32,44H,17-18,24-29H2,1-16H3,(H,43,47). The van der Waals surface area contributed by atoms with E-state index in [4.69, 9.17) is 4.74 Å². The van der Waals surface area contributed by atoms with Crippen LogP contribution in [-0.4, -0.2) is 35.4 Å². The quantitative estimate of drug-likeness (QED) is 0.106. The fourth-order valence-corrected chi connectivity index (χ4v) is 8.47. The summed E-state index contributed by atoms with van der Waals surface area (Å²) in [7, 11) is 0. The summed E-state index contributed by atoms with van der Waals surface area (Å²) in [4.78, 5) is 42.6. The van der Waals surface area contributed by atoms with Crippen molar-refractivity contribution in [1.82, 2.24) is 5.32 Å². The first-order valence-electron chi connectivity index (χ1n) is 18.4. The van der Waals surface area contributed by atoms with Crippen LogP contribution in [0, 0.1) is 43.8 Å². The van der Waals surface area contributed by atoms with Gasteiger partial charge in [0.25, 0.3) is 0 Å². The first kappa shape index (κ1) is 43.8. The zero-order valence-electron chi connectivity index (χ0n) is 33.8. The van der Waals surface area contributed by atoms with Gasteiger partial charge in [-0.05, 0) is 77.6 Å². The van der Waals surface area contributed by atoms with E-state index in [-0.39, 0.29) is 29.9 Å². The molecule has 0 saturated heterocycles. The lowest BCUT2D eigenvalue weighted by atomic mass is 9.42. The number of aliphatic hydroxyl groups is 1. The number of nitrogens with one attached hydrogen (secondary N) is 1. The number of ether oxygens (including phenoxy) is 1. The van der Waals surface area contributed by atoms with Gasteiger partial charge in [0.2, 0.25) is 11.7 Å². The van der Waals surface area contributed by atoms with E-state index >= 15 is 0 Å². The molecule has 1 aromatic rings. The topological polar surface area (TPSA) is 92.7 Å². The van der Waals surface area contributed by atoms with Gasteiger partial charge in [-0.15, -0.1) is 0 Å². The Hall–Kier alpha value is -2.21. The van der Waals surface area contributed by atoms with Crippen molar-refractivity contribution in [3.8, 4) is 0 Å². The number of hydrogen-bond donors (Lipinski definition) is 2. The van der Waals surface area contributed by atoms with E-state index in [2.05, 4.69) is 109 Å². The molecule has 1 rings (SSSR count). The zero-order valence-corrected chi connectivity index (χ0v) is 33.8. The number of carbonyl (C=O) groups excluding carboxylic acids is 3. The summed E-state index contributed by atoms with van der Waals surface area (Å²) in [6, 6.07) is 9.42. The maximum absolute atomic E-state index is 14.6. The highest BCUT2D eigenvalue weighted by atomic mass is 16.5. The number of esters is 1. The largest absolute Gasteiger partial charge is 0.455 e. The second-order valence-electron chi connectivity index (χ2n) is 18.7. The van der Waals surface area contributed by atoms with E-state index in [0.717, 1.165) is 37.7 Å². The fraction of sp³-hybridized carbons (Fsp3) is 0.786. The molecule has 0 aliphatic heterocycles. The number of amides is 1. The Kier molecular flexibility index (Phi) is 14.8. The number of rotatable bonds is 20. The molecule has 0 radical (unpaired) electrons. The summed E-state index contributed by atoms with van der Waals surface area (Å²) in [5.41, 5.74) is -2.67. The van der Waals surface area contributed by atoms with Crippen LogP contribution in [-0.2, 0) is 25.7 Å². The molecular weight excluding hydrogens is 598 g/mol. The Labute approximate surface area is 295 Å². The van der Waals surface area contributed by atoms with Crippen molar-refractivity contribution in [3.63, 3.8) is 0 Å². The minimum atomic E-state index is -0.923. The lowest BCUT2D eigenvalue weighted by Crippen LogP contribution is -2.62. The summed E-state index contributed by atoms with van der Waals surface area (Å²) in [6.45, 7) is 34.5. The third-order valence-electron chi connectivity index (χ3n) is 13.1. The van der Waals surface area contributed by atoms with Gasteiger partial charge >= 0.3 is 5.97 Å². The van der Waals surface area contributed by atoms with Crippen molar-refractivity contribution >= 4 is 17.7 Å². The van der Waals surface area contributed by atoms with Gasteiger partial charge < -0.3 is 15.2 Å². The lowest BCUT2D eigenvalue weighted by molar-refractivity contribution is -0.173. The van der Waals surface area contributed by atoms with Crippen LogP contribution < -0.4 is 5.32 Å². The Morgan fingerprint density at radius 3 is 1.77 bits per heavy atom. The summed E-state index contributed by atoms with van der Waals surface area (Å²) < 4.78 is 5.65. The molecule has 1 aromatic carbocycles. The summed E-state index contributed by atoms with van der Waals surface area (Å²) in [5, 5.41) is 13.2. The van der Waals surface area contributed by atoms with Crippen LogP contribution >= 0.6 is 0 Å². The number of carbonyl (C=O) groups is 3. The van der Waals surface area contributed by atoms with E-state index < -0.39 is 50.8 Å². The second kappa shape index (κ2) is 16.2. The van der Waals surface area contributed by atoms with Crippen LogP contribution in [0.2, 0.25) is 0 Å². The van der Waals surface area contributed by atoms with Crippen LogP contribution in [0.1, 0.15) is 155 Å². The predicted molar refractivity (Wildman–Crippen MR) is 199 cm³/mol. The van der Waals surface area contributed by atoms with Crippen LogP contribution in [0.3, 0.4) is 0 Å². The van der Waals surface area contributed by atoms with Crippen LogP contribution in [0.5, 0.6) is 0 Å². The summed E-state index contributed by atoms with van der Waals surface area (Å²) in [5.74, 6) is -2.07. The molecule has 0 spiro atoms. The van der Waals surface area contributed by atoms with Gasteiger partial charge in [0.15, 0.2) is 0 Å². The van der Waals surface area contributed by atoms with Crippen LogP contribution in [0.4, 0.5) is 0 Å². The molecule has 0 aromatic heterocycles. The second-order valence-corrected chi connectivity index (χ2v) is 18.7. The molecule has 276 valence electrons. The lowest BCUT2D eigenvalue weighted by Gasteiger charge is -2.61. The number of aliphatic hydroxyl groups excluding tert-OH is 1. The number of benzene rings is 1. The highest BCUT2D eigenvalue weighted by molar-refractivity contribution is 6.34. The van der Waals surface area contributed by atoms with Crippen molar-refractivity contribution in [1.29, 1.82) is 0 Å². The van der Waals surface area contributed by atoms with Crippen molar-refractivity contribution in [2.45, 2.75) is 162 Å². The molecule has 0 aliphatic carbocycles. The first-order valence-corrected chi connectivity index (χ1v) is 18.4. The SMILES string of the molecule is CCCC(C)(C)CC(C)(C)C(C)(C(=O)NCC(C)O)C(C)(C)C(C)(C)CC(C(=O)C(=O)OCc1ccccc1)C(C)(C)C(C)(C)CCC. The van der Waals surface area contributed by atoms with E-state index in [1.807, 2.05) is 30.3 Å². The normalized spacial score (nSPS) is 16.1. The van der Waals surface area contributed by atoms with Gasteiger partial charge in [-0.3, -0.25) is 9.59 Å². The molecule has 3 unspecified atom stereocenters. The van der Waals surface area contributed by atoms with Gasteiger partial charge in [-0.1, -0.05) is 140 Å². The monoisotopic (exact) mass is 672 g/mol. The Balaban J connectivity index is 3.83. The Morgan fingerprint density at radius 1 is 0.771 bits per heavy atom. The zero-order chi connectivity index (χ0) is 37.6. The fourth-order valence-electron chi connectivity index (χ4n) is 8.47. The average molecular weight is 672 g/mol. The van der Waals surface area contributed by atoms with E-state index in [1.165, 1.54) is 0 Å². The molecule has 1 amide bonds. The van der Waals surface area contributed by atoms with Gasteiger partial charge in [-0.2, -0.15) is 0 Å². The minimum Gasteiger partial charge on any atom is -0.455 e. The smallest absolute Gasteiger partial charge is 0.375 e. The maximum atomic E-state index is 14.6. The van der Waals surface area contributed by atoms with E-state index in [1.54, 1.807) is 6.92 Å². The molecule has 0 bridgehead atoms. The van der Waals surface area contributed by atoms with Gasteiger partial charge in [0.1, 0.15) is 6.61 Å².